The maximum Gasteiger partial charge on any atom is 0.303 e. The van der Waals surface area contributed by atoms with E-state index in [9.17, 15) is 19.6 Å². The fourth-order valence-corrected chi connectivity index (χ4v) is 5.84. The number of benzene rings is 2. The minimum absolute atomic E-state index is 0.0310. The number of likely N-dealkylation sites (N-methyl/N-ethyl adjacent to an activating group) is 1. The number of amides is 2. The Kier molecular flexibility index (Phi) is 7.09. The Morgan fingerprint density at radius 2 is 2.08 bits per heavy atom. The van der Waals surface area contributed by atoms with Crippen LogP contribution in [0.1, 0.15) is 59.2 Å². The first-order valence-corrected chi connectivity index (χ1v) is 13.1. The van der Waals surface area contributed by atoms with E-state index in [-0.39, 0.29) is 30.2 Å². The Labute approximate surface area is 221 Å². The lowest BCUT2D eigenvalue weighted by molar-refractivity contribution is -0.137. The molecule has 2 amide bonds. The second-order valence-corrected chi connectivity index (χ2v) is 10.7. The van der Waals surface area contributed by atoms with Crippen LogP contribution in [0.15, 0.2) is 36.4 Å². The highest BCUT2D eigenvalue weighted by atomic mass is 16.5. The lowest BCUT2D eigenvalue weighted by atomic mass is 9.86. The number of hydrogen-bond donors (Lipinski definition) is 3. The van der Waals surface area contributed by atoms with Gasteiger partial charge in [0.15, 0.2) is 0 Å². The number of nitriles is 1. The highest BCUT2D eigenvalue weighted by Crippen LogP contribution is 2.61. The Balaban J connectivity index is 1.32. The molecule has 198 valence electrons. The zero-order valence-corrected chi connectivity index (χ0v) is 21.5. The average molecular weight is 517 g/mol. The van der Waals surface area contributed by atoms with E-state index in [1.165, 1.54) is 0 Å². The molecule has 1 spiro atoms. The van der Waals surface area contributed by atoms with Gasteiger partial charge in [-0.1, -0.05) is 6.07 Å². The third kappa shape index (κ3) is 5.22. The first-order chi connectivity index (χ1) is 18.3. The molecule has 0 bridgehead atoms. The largest absolute Gasteiger partial charge is 0.493 e. The Hall–Kier alpha value is -3.90. The van der Waals surface area contributed by atoms with Crippen molar-refractivity contribution in [1.82, 2.24) is 10.2 Å². The number of hydrogen-bond acceptors (Lipinski definition) is 6. The summed E-state index contributed by atoms with van der Waals surface area (Å²) in [5, 5.41) is 24.5. The minimum Gasteiger partial charge on any atom is -0.493 e. The second-order valence-electron chi connectivity index (χ2n) is 10.7. The molecule has 0 unspecified atom stereocenters. The van der Waals surface area contributed by atoms with Crippen LogP contribution < -0.4 is 15.4 Å². The van der Waals surface area contributed by atoms with E-state index >= 15 is 0 Å². The van der Waals surface area contributed by atoms with Gasteiger partial charge in [0.05, 0.1) is 18.2 Å². The third-order valence-electron chi connectivity index (χ3n) is 8.04. The molecule has 5 rings (SSSR count). The summed E-state index contributed by atoms with van der Waals surface area (Å²) in [6, 6.07) is 12.8. The molecule has 9 heteroatoms. The summed E-state index contributed by atoms with van der Waals surface area (Å²) in [4.78, 5) is 39.6. The van der Waals surface area contributed by atoms with Crippen molar-refractivity contribution in [1.29, 1.82) is 5.26 Å². The van der Waals surface area contributed by atoms with E-state index in [2.05, 4.69) is 21.6 Å². The maximum absolute atomic E-state index is 13.5. The number of fused-ring (bicyclic) bond motifs is 2. The van der Waals surface area contributed by atoms with Crippen molar-refractivity contribution in [2.45, 2.75) is 50.0 Å². The Bertz CT molecular complexity index is 1320. The zero-order chi connectivity index (χ0) is 26.9. The predicted molar refractivity (Wildman–Crippen MR) is 140 cm³/mol. The van der Waals surface area contributed by atoms with Crippen LogP contribution in [-0.2, 0) is 21.4 Å². The van der Waals surface area contributed by atoms with Gasteiger partial charge in [0.1, 0.15) is 5.75 Å². The van der Waals surface area contributed by atoms with Gasteiger partial charge in [0, 0.05) is 47.2 Å². The molecule has 0 aromatic heterocycles. The smallest absolute Gasteiger partial charge is 0.303 e. The van der Waals surface area contributed by atoms with Crippen LogP contribution in [0.4, 0.5) is 5.69 Å². The summed E-state index contributed by atoms with van der Waals surface area (Å²) in [7, 11) is 2.04. The van der Waals surface area contributed by atoms with E-state index in [1.54, 1.807) is 24.3 Å². The lowest BCUT2D eigenvalue weighted by Crippen LogP contribution is -2.36. The van der Waals surface area contributed by atoms with Crippen LogP contribution in [0.25, 0.3) is 0 Å². The summed E-state index contributed by atoms with van der Waals surface area (Å²) >= 11 is 0. The first kappa shape index (κ1) is 25.7. The van der Waals surface area contributed by atoms with Gasteiger partial charge in [-0.3, -0.25) is 14.4 Å². The summed E-state index contributed by atoms with van der Waals surface area (Å²) in [5.74, 6) is -0.703. The molecule has 2 heterocycles. The normalized spacial score (nSPS) is 23.7. The topological polar surface area (TPSA) is 132 Å². The van der Waals surface area contributed by atoms with Crippen molar-refractivity contribution in [2.24, 2.45) is 5.92 Å². The number of rotatable bonds is 8. The zero-order valence-electron chi connectivity index (χ0n) is 21.5. The Morgan fingerprint density at radius 3 is 2.82 bits per heavy atom. The van der Waals surface area contributed by atoms with Crippen LogP contribution in [-0.4, -0.2) is 60.6 Å². The number of anilines is 1. The van der Waals surface area contributed by atoms with Crippen molar-refractivity contribution in [2.75, 3.05) is 32.1 Å². The van der Waals surface area contributed by atoms with Gasteiger partial charge in [0.25, 0.3) is 5.91 Å². The average Bonchev–Trinajstić information content (AvgIpc) is 3.47. The number of nitrogens with one attached hydrogen (secondary N) is 2. The standard InChI is InChI=1S/C29H32N4O5/c1-33-11-9-21(17-33)31-27(36)20-7-8-25-22(14-20)29(10-12-38-25)15-23(29)28(37)32-24-13-18(16-30)5-6-19(24)3-2-4-26(34)35/h5-8,13-14,21,23H,2-4,9-12,15,17H2,1H3,(H,31,36)(H,32,37)(H,34,35)/t21-,23-,29-/m0/s1. The van der Waals surface area contributed by atoms with E-state index in [4.69, 9.17) is 9.84 Å². The fourth-order valence-electron chi connectivity index (χ4n) is 5.84. The number of nitrogens with zero attached hydrogens (tertiary/aromatic N) is 2. The monoisotopic (exact) mass is 516 g/mol. The van der Waals surface area contributed by atoms with Crippen LogP contribution in [0.2, 0.25) is 0 Å². The molecule has 2 fully saturated rings. The summed E-state index contributed by atoms with van der Waals surface area (Å²) in [6.45, 7) is 2.29. The SMILES string of the molecule is CN1CC[C@H](NC(=O)c2ccc3c(c2)[C@]2(CCO3)C[C@H]2C(=O)Nc2cc(C#N)ccc2CCCC(=O)O)C1. The van der Waals surface area contributed by atoms with Crippen molar-refractivity contribution in [3.8, 4) is 11.8 Å². The molecule has 3 N–H and O–H groups in total. The maximum atomic E-state index is 13.5. The van der Waals surface area contributed by atoms with Crippen LogP contribution in [0, 0.1) is 17.2 Å². The molecule has 1 saturated carbocycles. The van der Waals surface area contributed by atoms with Gasteiger partial charge < -0.3 is 25.4 Å². The van der Waals surface area contributed by atoms with Gasteiger partial charge in [0.2, 0.25) is 5.91 Å². The molecule has 9 nitrogen and oxygen atoms in total. The summed E-state index contributed by atoms with van der Waals surface area (Å²) in [6.07, 6.45) is 3.21. The number of ether oxygens (including phenoxy) is 1. The quantitative estimate of drug-likeness (QED) is 0.491. The van der Waals surface area contributed by atoms with E-state index in [0.717, 1.165) is 30.6 Å². The number of carbonyl (C=O) groups is 3. The predicted octanol–water partition coefficient (Wildman–Crippen LogP) is 3.08. The number of aliphatic carboxylic acids is 1. The van der Waals surface area contributed by atoms with E-state index in [0.29, 0.717) is 54.9 Å². The van der Waals surface area contributed by atoms with Gasteiger partial charge in [-0.05, 0) is 81.6 Å². The molecule has 3 aliphatic rings. The van der Waals surface area contributed by atoms with E-state index in [1.807, 2.05) is 19.2 Å². The first-order valence-electron chi connectivity index (χ1n) is 13.1. The molecular formula is C29H32N4O5. The summed E-state index contributed by atoms with van der Waals surface area (Å²) < 4.78 is 5.89. The molecule has 3 atom stereocenters. The molecule has 1 aliphatic carbocycles. The molecule has 0 radical (unpaired) electrons. The number of aryl methyl sites for hydroxylation is 1. The highest BCUT2D eigenvalue weighted by molar-refractivity contribution is 5.98. The molecule has 1 saturated heterocycles. The van der Waals surface area contributed by atoms with Gasteiger partial charge in [-0.15, -0.1) is 0 Å². The third-order valence-corrected chi connectivity index (χ3v) is 8.04. The van der Waals surface area contributed by atoms with Crippen molar-refractivity contribution < 1.29 is 24.2 Å². The van der Waals surface area contributed by atoms with Gasteiger partial charge in [-0.2, -0.15) is 5.26 Å². The van der Waals surface area contributed by atoms with Crippen molar-refractivity contribution >= 4 is 23.5 Å². The molecule has 2 aliphatic heterocycles. The number of carboxylic acids is 1. The molecule has 38 heavy (non-hydrogen) atoms. The minimum atomic E-state index is -0.869. The fraction of sp³-hybridized carbons (Fsp3) is 0.448. The number of likely N-dealkylation sites (tertiary alicyclic amines) is 1. The van der Waals surface area contributed by atoms with Crippen molar-refractivity contribution in [3.05, 3.63) is 58.7 Å². The highest BCUT2D eigenvalue weighted by Gasteiger charge is 2.61. The van der Waals surface area contributed by atoms with Gasteiger partial charge in [-0.25, -0.2) is 0 Å². The second kappa shape index (κ2) is 10.5. The van der Waals surface area contributed by atoms with Crippen LogP contribution in [0.3, 0.4) is 0 Å². The molecule has 2 aromatic carbocycles. The van der Waals surface area contributed by atoms with Gasteiger partial charge >= 0.3 is 5.97 Å². The molecule has 2 aromatic rings. The van der Waals surface area contributed by atoms with Crippen LogP contribution in [0.5, 0.6) is 5.75 Å². The lowest BCUT2D eigenvalue weighted by Gasteiger charge is -2.27. The Morgan fingerprint density at radius 1 is 1.24 bits per heavy atom. The number of carbonyl (C=O) groups excluding carboxylic acids is 2. The van der Waals surface area contributed by atoms with Crippen molar-refractivity contribution in [3.63, 3.8) is 0 Å². The van der Waals surface area contributed by atoms with E-state index < -0.39 is 11.4 Å². The van der Waals surface area contributed by atoms with Crippen LogP contribution >= 0.6 is 0 Å². The number of carboxylic acid groups (broad SMARTS) is 1. The molecular weight excluding hydrogens is 484 g/mol. The summed E-state index contributed by atoms with van der Waals surface area (Å²) in [5.41, 5.74) is 2.84.